The first-order chi connectivity index (χ1) is 11.1. The Labute approximate surface area is 138 Å². The van der Waals surface area contributed by atoms with Crippen LogP contribution in [0.2, 0.25) is 0 Å². The molecule has 0 N–H and O–H groups in total. The van der Waals surface area contributed by atoms with Gasteiger partial charge in [0.1, 0.15) is 0 Å². The molecule has 4 rings (SSSR count). The lowest BCUT2D eigenvalue weighted by molar-refractivity contribution is 1.47. The largest absolute Gasteiger partial charge is 0.0616 e. The van der Waals surface area contributed by atoms with Crippen LogP contribution in [-0.4, -0.2) is 0 Å². The lowest BCUT2D eigenvalue weighted by Crippen LogP contribution is -1.76. The lowest BCUT2D eigenvalue weighted by atomic mass is 10.1. The molecule has 0 aromatic heterocycles. The predicted octanol–water partition coefficient (Wildman–Crippen LogP) is 6.60. The van der Waals surface area contributed by atoms with Gasteiger partial charge in [0, 0.05) is 0 Å². The topological polar surface area (TPSA) is 0 Å². The first-order valence-electron chi connectivity index (χ1n) is 8.04. The van der Waals surface area contributed by atoms with E-state index in [1.807, 2.05) is 0 Å². The number of fused-ring (bicyclic) bond motifs is 2. The molecule has 0 saturated carbocycles. The normalized spacial score (nSPS) is 10.4. The Kier molecular flexibility index (Phi) is 4.43. The summed E-state index contributed by atoms with van der Waals surface area (Å²) in [7, 11) is 0. The van der Waals surface area contributed by atoms with Gasteiger partial charge in [0.15, 0.2) is 0 Å². The van der Waals surface area contributed by atoms with Crippen molar-refractivity contribution in [3.63, 3.8) is 0 Å². The Morgan fingerprint density at radius 3 is 1.22 bits per heavy atom. The van der Waals surface area contributed by atoms with Crippen molar-refractivity contribution in [2.24, 2.45) is 0 Å². The second-order valence-corrected chi connectivity index (χ2v) is 6.20. The molecule has 114 valence electrons. The Hall–Kier alpha value is -2.60. The fourth-order valence-electron chi connectivity index (χ4n) is 2.79. The minimum atomic E-state index is 1.32. The maximum atomic E-state index is 2.22. The fraction of sp³-hybridized carbons (Fsp3) is 0.130. The predicted molar refractivity (Wildman–Crippen MR) is 102 cm³/mol. The second-order valence-electron chi connectivity index (χ2n) is 6.20. The summed E-state index contributed by atoms with van der Waals surface area (Å²) in [5.41, 5.74) is 3.97. The van der Waals surface area contributed by atoms with Crippen molar-refractivity contribution in [1.29, 1.82) is 0 Å². The molecule has 0 radical (unpaired) electrons. The molecule has 0 aliphatic carbocycles. The molecule has 0 saturated heterocycles. The van der Waals surface area contributed by atoms with Crippen molar-refractivity contribution in [2.45, 2.75) is 20.8 Å². The van der Waals surface area contributed by atoms with Crippen molar-refractivity contribution in [1.82, 2.24) is 0 Å². The molecule has 4 aromatic rings. The molecule has 23 heavy (non-hydrogen) atoms. The van der Waals surface area contributed by atoms with Gasteiger partial charge in [-0.25, -0.2) is 0 Å². The van der Waals surface area contributed by atoms with E-state index in [1.54, 1.807) is 0 Å². The van der Waals surface area contributed by atoms with Crippen LogP contribution in [0.25, 0.3) is 21.5 Å². The molecular formula is C23H22. The van der Waals surface area contributed by atoms with Gasteiger partial charge in [-0.3, -0.25) is 0 Å². The van der Waals surface area contributed by atoms with Crippen LogP contribution in [0, 0.1) is 20.8 Å². The van der Waals surface area contributed by atoms with E-state index in [-0.39, 0.29) is 0 Å². The van der Waals surface area contributed by atoms with Gasteiger partial charge in [-0.1, -0.05) is 95.6 Å². The van der Waals surface area contributed by atoms with Crippen molar-refractivity contribution in [2.75, 3.05) is 0 Å². The van der Waals surface area contributed by atoms with E-state index in [0.29, 0.717) is 0 Å². The van der Waals surface area contributed by atoms with Gasteiger partial charge in [0.2, 0.25) is 0 Å². The zero-order chi connectivity index (χ0) is 16.2. The van der Waals surface area contributed by atoms with Crippen LogP contribution in [0.5, 0.6) is 0 Å². The molecule has 0 atom stereocenters. The third-order valence-corrected chi connectivity index (χ3v) is 4.06. The van der Waals surface area contributed by atoms with Crippen LogP contribution >= 0.6 is 0 Å². The summed E-state index contributed by atoms with van der Waals surface area (Å²) in [6.45, 7) is 6.37. The van der Waals surface area contributed by atoms with Gasteiger partial charge < -0.3 is 0 Å². The van der Waals surface area contributed by atoms with E-state index in [2.05, 4.69) is 99.6 Å². The smallest absolute Gasteiger partial charge is 0.0181 e. The highest BCUT2D eigenvalue weighted by molar-refractivity contribution is 5.84. The molecule has 0 heterocycles. The Morgan fingerprint density at radius 2 is 0.739 bits per heavy atom. The van der Waals surface area contributed by atoms with Crippen LogP contribution in [-0.2, 0) is 0 Å². The molecule has 0 bridgehead atoms. The van der Waals surface area contributed by atoms with Crippen molar-refractivity contribution >= 4 is 21.5 Å². The Morgan fingerprint density at radius 1 is 0.391 bits per heavy atom. The van der Waals surface area contributed by atoms with Gasteiger partial charge in [0.25, 0.3) is 0 Å². The summed E-state index contributed by atoms with van der Waals surface area (Å²) in [4.78, 5) is 0. The first-order valence-corrected chi connectivity index (χ1v) is 8.04. The van der Waals surface area contributed by atoms with Gasteiger partial charge in [-0.2, -0.15) is 0 Å². The van der Waals surface area contributed by atoms with E-state index in [1.165, 1.54) is 38.2 Å². The second kappa shape index (κ2) is 6.66. The highest BCUT2D eigenvalue weighted by Gasteiger charge is 1.92. The first kappa shape index (κ1) is 15.3. The van der Waals surface area contributed by atoms with Crippen LogP contribution in [0.1, 0.15) is 16.7 Å². The van der Waals surface area contributed by atoms with E-state index < -0.39 is 0 Å². The molecule has 0 heteroatoms. The molecule has 0 spiro atoms. The quantitative estimate of drug-likeness (QED) is 0.343. The summed E-state index contributed by atoms with van der Waals surface area (Å²) in [6, 6.07) is 28.0. The van der Waals surface area contributed by atoms with E-state index in [9.17, 15) is 0 Å². The molecule has 0 fully saturated rings. The number of hydrogen-bond acceptors (Lipinski definition) is 0. The van der Waals surface area contributed by atoms with Crippen LogP contribution in [0.4, 0.5) is 0 Å². The molecule has 0 nitrogen and oxygen atoms in total. The minimum Gasteiger partial charge on any atom is -0.0616 e. The van der Waals surface area contributed by atoms with Crippen LogP contribution < -0.4 is 0 Å². The van der Waals surface area contributed by atoms with Gasteiger partial charge in [-0.15, -0.1) is 0 Å². The minimum absolute atomic E-state index is 1.32. The van der Waals surface area contributed by atoms with E-state index in [0.717, 1.165) is 0 Å². The van der Waals surface area contributed by atoms with Crippen LogP contribution in [0.3, 0.4) is 0 Å². The molecule has 0 aliphatic rings. The number of hydrogen-bond donors (Lipinski definition) is 0. The van der Waals surface area contributed by atoms with Crippen molar-refractivity contribution in [3.05, 3.63) is 95.6 Å². The van der Waals surface area contributed by atoms with Gasteiger partial charge in [0.05, 0.1) is 0 Å². The zero-order valence-electron chi connectivity index (χ0n) is 14.0. The molecule has 0 amide bonds. The summed E-state index contributed by atoms with van der Waals surface area (Å²) >= 11 is 0. The highest BCUT2D eigenvalue weighted by atomic mass is 14.0. The Balaban J connectivity index is 0.000000136. The average molecular weight is 298 g/mol. The average Bonchev–Trinajstić information content (AvgIpc) is 2.55. The maximum Gasteiger partial charge on any atom is -0.0181 e. The fourth-order valence-corrected chi connectivity index (χ4v) is 2.79. The van der Waals surface area contributed by atoms with Crippen molar-refractivity contribution in [3.8, 4) is 0 Å². The monoisotopic (exact) mass is 298 g/mol. The molecule has 0 aliphatic heterocycles. The lowest BCUT2D eigenvalue weighted by Gasteiger charge is -1.99. The van der Waals surface area contributed by atoms with Crippen molar-refractivity contribution < 1.29 is 0 Å². The summed E-state index contributed by atoms with van der Waals surface area (Å²) in [5.74, 6) is 0. The third-order valence-electron chi connectivity index (χ3n) is 4.06. The number of aryl methyl sites for hydroxylation is 3. The SMILES string of the molecule is Cc1ccc2cc(C)ccc2c1.Cc1ccc2ccccc2c1. The highest BCUT2D eigenvalue weighted by Crippen LogP contribution is 2.17. The van der Waals surface area contributed by atoms with Crippen LogP contribution in [0.15, 0.2) is 78.9 Å². The maximum absolute atomic E-state index is 2.22. The summed E-state index contributed by atoms with van der Waals surface area (Å²) in [5, 5.41) is 5.31. The molecule has 4 aromatic carbocycles. The number of benzene rings is 4. The van der Waals surface area contributed by atoms with E-state index >= 15 is 0 Å². The summed E-state index contributed by atoms with van der Waals surface area (Å²) in [6.07, 6.45) is 0. The van der Waals surface area contributed by atoms with E-state index in [4.69, 9.17) is 0 Å². The van der Waals surface area contributed by atoms with Gasteiger partial charge >= 0.3 is 0 Å². The third kappa shape index (κ3) is 3.78. The summed E-state index contributed by atoms with van der Waals surface area (Å²) < 4.78 is 0. The zero-order valence-corrected chi connectivity index (χ0v) is 14.0. The molecule has 0 unspecified atom stereocenters. The Bertz CT molecular complexity index is 907. The number of rotatable bonds is 0. The molecular weight excluding hydrogens is 276 g/mol. The van der Waals surface area contributed by atoms with Gasteiger partial charge in [-0.05, 0) is 42.3 Å². The standard InChI is InChI=1S/C12H12.C11H10/c1-9-3-5-12-8-10(2)4-6-11(12)7-9;1-9-6-7-10-4-2-3-5-11(10)8-9/h3-8H,1-2H3;2-8H,1H3.